The minimum atomic E-state index is -0.357. The van der Waals surface area contributed by atoms with Crippen molar-refractivity contribution in [2.24, 2.45) is 5.73 Å². The molecule has 4 nitrogen and oxygen atoms in total. The highest BCUT2D eigenvalue weighted by molar-refractivity contribution is 5.84. The van der Waals surface area contributed by atoms with E-state index in [9.17, 15) is 4.79 Å². The van der Waals surface area contributed by atoms with E-state index in [1.807, 2.05) is 6.92 Å². The molecular weight excluding hydrogens is 178 g/mol. The van der Waals surface area contributed by atoms with Gasteiger partial charge in [0.05, 0.1) is 5.92 Å². The number of primary amides is 1. The summed E-state index contributed by atoms with van der Waals surface area (Å²) in [5.41, 5.74) is 18.4. The zero-order chi connectivity index (χ0) is 10.7. The first-order chi connectivity index (χ1) is 6.56. The third-order valence-electron chi connectivity index (χ3n) is 2.24. The van der Waals surface area contributed by atoms with Crippen LogP contribution in [0.15, 0.2) is 18.2 Å². The van der Waals surface area contributed by atoms with E-state index in [-0.39, 0.29) is 11.8 Å². The predicted molar refractivity (Wildman–Crippen MR) is 57.5 cm³/mol. The zero-order valence-electron chi connectivity index (χ0n) is 8.16. The number of carbonyl (C=O) groups excluding carboxylic acids is 1. The first kappa shape index (κ1) is 10.4. The molecule has 4 heteroatoms. The molecule has 0 radical (unpaired) electrons. The average Bonchev–Trinajstić information content (AvgIpc) is 2.09. The summed E-state index contributed by atoms with van der Waals surface area (Å²) in [6, 6.07) is 5.11. The zero-order valence-corrected chi connectivity index (χ0v) is 8.16. The van der Waals surface area contributed by atoms with Crippen molar-refractivity contribution in [3.8, 4) is 0 Å². The van der Waals surface area contributed by atoms with Gasteiger partial charge < -0.3 is 17.2 Å². The summed E-state index contributed by atoms with van der Waals surface area (Å²) in [5, 5.41) is 0. The number of nitrogens with two attached hydrogens (primary N) is 3. The molecule has 76 valence electrons. The van der Waals surface area contributed by atoms with Gasteiger partial charge in [0.2, 0.25) is 5.91 Å². The first-order valence-electron chi connectivity index (χ1n) is 4.50. The molecular formula is C10H15N3O. The van der Waals surface area contributed by atoms with Crippen LogP contribution in [-0.4, -0.2) is 5.91 Å². The van der Waals surface area contributed by atoms with Crippen molar-refractivity contribution in [1.82, 2.24) is 0 Å². The van der Waals surface area contributed by atoms with Crippen LogP contribution >= 0.6 is 0 Å². The number of amides is 1. The Hall–Kier alpha value is -1.71. The molecule has 0 aliphatic rings. The molecule has 0 saturated carbocycles. The summed E-state index contributed by atoms with van der Waals surface area (Å²) in [4.78, 5) is 11.1. The fourth-order valence-electron chi connectivity index (χ4n) is 1.48. The van der Waals surface area contributed by atoms with Crippen LogP contribution in [0.1, 0.15) is 24.8 Å². The average molecular weight is 193 g/mol. The number of hydrogen-bond donors (Lipinski definition) is 3. The lowest BCUT2D eigenvalue weighted by molar-refractivity contribution is -0.119. The van der Waals surface area contributed by atoms with E-state index in [2.05, 4.69) is 0 Å². The Kier molecular flexibility index (Phi) is 2.96. The van der Waals surface area contributed by atoms with E-state index in [0.29, 0.717) is 17.8 Å². The number of hydrogen-bond acceptors (Lipinski definition) is 3. The smallest absolute Gasteiger partial charge is 0.225 e. The van der Waals surface area contributed by atoms with Crippen LogP contribution in [0.4, 0.5) is 11.4 Å². The van der Waals surface area contributed by atoms with Crippen LogP contribution in [0.3, 0.4) is 0 Å². The standard InChI is InChI=1S/C10H15N3O/c1-2-7(10(13)14)8-4-3-6(11)5-9(8)12/h3-5,7H,2,11-12H2,1H3,(H2,13,14). The van der Waals surface area contributed by atoms with Crippen LogP contribution in [0.5, 0.6) is 0 Å². The van der Waals surface area contributed by atoms with E-state index in [0.717, 1.165) is 5.56 Å². The Morgan fingerprint density at radius 3 is 2.50 bits per heavy atom. The molecule has 1 rings (SSSR count). The summed E-state index contributed by atoms with van der Waals surface area (Å²) < 4.78 is 0. The monoisotopic (exact) mass is 193 g/mol. The van der Waals surface area contributed by atoms with Gasteiger partial charge in [-0.3, -0.25) is 4.79 Å². The highest BCUT2D eigenvalue weighted by Crippen LogP contribution is 2.26. The quantitative estimate of drug-likeness (QED) is 0.620. The second kappa shape index (κ2) is 4.00. The number of benzene rings is 1. The second-order valence-corrected chi connectivity index (χ2v) is 3.25. The van der Waals surface area contributed by atoms with Crippen LogP contribution in [0, 0.1) is 0 Å². The maximum Gasteiger partial charge on any atom is 0.225 e. The van der Waals surface area contributed by atoms with Gasteiger partial charge >= 0.3 is 0 Å². The van der Waals surface area contributed by atoms with Crippen molar-refractivity contribution in [2.45, 2.75) is 19.3 Å². The summed E-state index contributed by atoms with van der Waals surface area (Å²) in [6.07, 6.45) is 0.642. The SMILES string of the molecule is CCC(C(N)=O)c1ccc(N)cc1N. The molecule has 1 aromatic carbocycles. The van der Waals surface area contributed by atoms with E-state index in [4.69, 9.17) is 17.2 Å². The highest BCUT2D eigenvalue weighted by Gasteiger charge is 2.17. The lowest BCUT2D eigenvalue weighted by Crippen LogP contribution is -2.21. The number of anilines is 2. The lowest BCUT2D eigenvalue weighted by Gasteiger charge is -2.13. The third kappa shape index (κ3) is 1.96. The van der Waals surface area contributed by atoms with E-state index in [1.54, 1.807) is 18.2 Å². The number of nitrogen functional groups attached to an aromatic ring is 2. The van der Waals surface area contributed by atoms with Gasteiger partial charge in [0, 0.05) is 11.4 Å². The normalized spacial score (nSPS) is 12.4. The molecule has 1 amide bonds. The Balaban J connectivity index is 3.10. The van der Waals surface area contributed by atoms with Crippen molar-refractivity contribution >= 4 is 17.3 Å². The van der Waals surface area contributed by atoms with Gasteiger partial charge in [-0.25, -0.2) is 0 Å². The van der Waals surface area contributed by atoms with Gasteiger partial charge in [0.1, 0.15) is 0 Å². The van der Waals surface area contributed by atoms with Gasteiger partial charge in [0.25, 0.3) is 0 Å². The molecule has 0 spiro atoms. The van der Waals surface area contributed by atoms with Crippen molar-refractivity contribution in [3.05, 3.63) is 23.8 Å². The second-order valence-electron chi connectivity index (χ2n) is 3.25. The number of carbonyl (C=O) groups is 1. The van der Waals surface area contributed by atoms with Crippen molar-refractivity contribution in [3.63, 3.8) is 0 Å². The topological polar surface area (TPSA) is 95.1 Å². The van der Waals surface area contributed by atoms with Crippen LogP contribution in [0.25, 0.3) is 0 Å². The summed E-state index contributed by atoms with van der Waals surface area (Å²) in [6.45, 7) is 1.89. The third-order valence-corrected chi connectivity index (χ3v) is 2.24. The molecule has 0 fully saturated rings. The Morgan fingerprint density at radius 1 is 1.43 bits per heavy atom. The predicted octanol–water partition coefficient (Wildman–Crippen LogP) is 0.830. The molecule has 14 heavy (non-hydrogen) atoms. The molecule has 1 atom stereocenters. The van der Waals surface area contributed by atoms with E-state index < -0.39 is 0 Å². The van der Waals surface area contributed by atoms with Crippen molar-refractivity contribution in [1.29, 1.82) is 0 Å². The summed E-state index contributed by atoms with van der Waals surface area (Å²) in [5.74, 6) is -0.681. The Bertz CT molecular complexity index is 349. The molecule has 6 N–H and O–H groups in total. The van der Waals surface area contributed by atoms with Crippen LogP contribution in [-0.2, 0) is 4.79 Å². The first-order valence-corrected chi connectivity index (χ1v) is 4.50. The minimum absolute atomic E-state index is 0.324. The van der Waals surface area contributed by atoms with Crippen molar-refractivity contribution in [2.75, 3.05) is 11.5 Å². The Morgan fingerprint density at radius 2 is 2.07 bits per heavy atom. The Labute approximate surface area is 83.1 Å². The van der Waals surface area contributed by atoms with Gasteiger partial charge in [-0.2, -0.15) is 0 Å². The van der Waals surface area contributed by atoms with E-state index in [1.165, 1.54) is 0 Å². The largest absolute Gasteiger partial charge is 0.399 e. The fourth-order valence-corrected chi connectivity index (χ4v) is 1.48. The van der Waals surface area contributed by atoms with Gasteiger partial charge in [-0.05, 0) is 24.1 Å². The molecule has 1 unspecified atom stereocenters. The summed E-state index contributed by atoms with van der Waals surface area (Å²) in [7, 11) is 0. The molecule has 0 bridgehead atoms. The molecule has 0 aromatic heterocycles. The van der Waals surface area contributed by atoms with Gasteiger partial charge in [0.15, 0.2) is 0 Å². The molecule has 0 saturated heterocycles. The van der Waals surface area contributed by atoms with Gasteiger partial charge in [-0.15, -0.1) is 0 Å². The van der Waals surface area contributed by atoms with Gasteiger partial charge in [-0.1, -0.05) is 13.0 Å². The molecule has 0 aliphatic carbocycles. The molecule has 0 heterocycles. The van der Waals surface area contributed by atoms with E-state index >= 15 is 0 Å². The minimum Gasteiger partial charge on any atom is -0.399 e. The van der Waals surface area contributed by atoms with Crippen LogP contribution in [0.2, 0.25) is 0 Å². The summed E-state index contributed by atoms with van der Waals surface area (Å²) >= 11 is 0. The van der Waals surface area contributed by atoms with Crippen LogP contribution < -0.4 is 17.2 Å². The van der Waals surface area contributed by atoms with Crippen molar-refractivity contribution < 1.29 is 4.79 Å². The lowest BCUT2D eigenvalue weighted by atomic mass is 9.94. The maximum atomic E-state index is 11.1. The highest BCUT2D eigenvalue weighted by atomic mass is 16.1. The molecule has 1 aromatic rings. The number of rotatable bonds is 3. The molecule has 0 aliphatic heterocycles. The fraction of sp³-hybridized carbons (Fsp3) is 0.300. The maximum absolute atomic E-state index is 11.1.